The number of methoxy groups -OCH3 is 1. The number of anilines is 1. The van der Waals surface area contributed by atoms with E-state index in [4.69, 9.17) is 4.74 Å². The highest BCUT2D eigenvalue weighted by atomic mass is 32.2. The number of nitrogens with one attached hydrogen (secondary N) is 2. The van der Waals surface area contributed by atoms with Crippen LogP contribution < -0.4 is 14.8 Å². The largest absolute Gasteiger partial charge is 0.497 e. The Balaban J connectivity index is 1.60. The summed E-state index contributed by atoms with van der Waals surface area (Å²) in [4.78, 5) is 12.5. The first-order chi connectivity index (χ1) is 14.9. The average molecular weight is 439 g/mol. The highest BCUT2D eigenvalue weighted by Gasteiger charge is 2.17. The summed E-state index contributed by atoms with van der Waals surface area (Å²) >= 11 is 0. The minimum Gasteiger partial charge on any atom is -0.497 e. The molecule has 0 saturated carbocycles. The number of ether oxygens (including phenoxy) is 1. The molecule has 2 N–H and O–H groups in total. The van der Waals surface area contributed by atoms with Crippen LogP contribution in [0.15, 0.2) is 77.7 Å². The fourth-order valence-electron chi connectivity index (χ4n) is 3.12. The van der Waals surface area contributed by atoms with Gasteiger partial charge in [0.2, 0.25) is 0 Å². The van der Waals surface area contributed by atoms with Crippen molar-refractivity contribution in [2.45, 2.75) is 24.7 Å². The van der Waals surface area contributed by atoms with Crippen LogP contribution in [0.2, 0.25) is 0 Å². The van der Waals surface area contributed by atoms with Crippen LogP contribution in [0.25, 0.3) is 0 Å². The number of amides is 1. The number of carbonyl (C=O) groups is 1. The van der Waals surface area contributed by atoms with Crippen LogP contribution >= 0.6 is 0 Å². The molecule has 162 valence electrons. The zero-order chi connectivity index (χ0) is 22.3. The Hall–Kier alpha value is -3.32. The molecule has 0 aliphatic rings. The quantitative estimate of drug-likeness (QED) is 0.491. The first-order valence-electron chi connectivity index (χ1n) is 9.99. The van der Waals surface area contributed by atoms with Crippen LogP contribution in [0.1, 0.15) is 27.9 Å². The van der Waals surface area contributed by atoms with E-state index in [2.05, 4.69) is 10.0 Å². The number of carbonyl (C=O) groups excluding carboxylic acids is 1. The molecule has 3 aromatic rings. The van der Waals surface area contributed by atoms with E-state index in [-0.39, 0.29) is 10.8 Å². The monoisotopic (exact) mass is 438 g/mol. The Morgan fingerprint density at radius 2 is 1.74 bits per heavy atom. The molecule has 0 unspecified atom stereocenters. The molecule has 0 aliphatic carbocycles. The number of aryl methyl sites for hydroxylation is 2. The van der Waals surface area contributed by atoms with E-state index >= 15 is 0 Å². The van der Waals surface area contributed by atoms with Gasteiger partial charge < -0.3 is 10.1 Å². The first-order valence-corrected chi connectivity index (χ1v) is 11.5. The van der Waals surface area contributed by atoms with Crippen molar-refractivity contribution in [3.8, 4) is 5.75 Å². The number of hydrogen-bond donors (Lipinski definition) is 2. The summed E-state index contributed by atoms with van der Waals surface area (Å²) in [6.45, 7) is 2.31. The van der Waals surface area contributed by atoms with Crippen molar-refractivity contribution in [3.05, 3.63) is 89.5 Å². The summed E-state index contributed by atoms with van der Waals surface area (Å²) in [5.41, 5.74) is 2.75. The van der Waals surface area contributed by atoms with Gasteiger partial charge in [-0.1, -0.05) is 36.4 Å². The van der Waals surface area contributed by atoms with E-state index in [9.17, 15) is 13.2 Å². The van der Waals surface area contributed by atoms with Crippen molar-refractivity contribution < 1.29 is 17.9 Å². The zero-order valence-electron chi connectivity index (χ0n) is 17.6. The van der Waals surface area contributed by atoms with E-state index in [0.717, 1.165) is 29.7 Å². The summed E-state index contributed by atoms with van der Waals surface area (Å²) in [6.07, 6.45) is 1.55. The summed E-state index contributed by atoms with van der Waals surface area (Å²) < 4.78 is 33.3. The van der Waals surface area contributed by atoms with Crippen LogP contribution in [0.4, 0.5) is 5.69 Å². The van der Waals surface area contributed by atoms with Gasteiger partial charge in [0, 0.05) is 12.1 Å². The molecule has 0 saturated heterocycles. The number of sulfonamides is 1. The summed E-state index contributed by atoms with van der Waals surface area (Å²) in [5, 5.41) is 2.85. The molecule has 0 heterocycles. The topological polar surface area (TPSA) is 84.5 Å². The maximum atomic E-state index is 12.7. The molecule has 0 radical (unpaired) electrons. The van der Waals surface area contributed by atoms with Gasteiger partial charge in [-0.25, -0.2) is 8.42 Å². The van der Waals surface area contributed by atoms with Crippen molar-refractivity contribution in [1.82, 2.24) is 5.32 Å². The Morgan fingerprint density at radius 3 is 2.52 bits per heavy atom. The summed E-state index contributed by atoms with van der Waals surface area (Å²) in [6, 6.07) is 21.0. The van der Waals surface area contributed by atoms with Crippen LogP contribution in [0.3, 0.4) is 0 Å². The van der Waals surface area contributed by atoms with Gasteiger partial charge in [-0.15, -0.1) is 0 Å². The fourth-order valence-corrected chi connectivity index (χ4v) is 4.30. The van der Waals surface area contributed by atoms with Crippen molar-refractivity contribution in [1.29, 1.82) is 0 Å². The third kappa shape index (κ3) is 6.08. The van der Waals surface area contributed by atoms with E-state index in [1.807, 2.05) is 43.3 Å². The van der Waals surface area contributed by atoms with Crippen LogP contribution in [0, 0.1) is 6.92 Å². The molecule has 0 spiro atoms. The fraction of sp³-hybridized carbons (Fsp3) is 0.208. The van der Waals surface area contributed by atoms with E-state index in [0.29, 0.717) is 17.8 Å². The predicted octanol–water partition coefficient (Wildman–Crippen LogP) is 4.17. The van der Waals surface area contributed by atoms with Crippen LogP contribution in [-0.2, 0) is 16.4 Å². The van der Waals surface area contributed by atoms with Crippen LogP contribution in [-0.4, -0.2) is 28.0 Å². The van der Waals surface area contributed by atoms with Gasteiger partial charge in [0.05, 0.1) is 17.7 Å². The molecule has 6 nitrogen and oxygen atoms in total. The molecule has 3 aromatic carbocycles. The maximum Gasteiger partial charge on any atom is 0.261 e. The van der Waals surface area contributed by atoms with Gasteiger partial charge >= 0.3 is 0 Å². The molecule has 3 rings (SSSR count). The van der Waals surface area contributed by atoms with Gasteiger partial charge in [-0.3, -0.25) is 9.52 Å². The van der Waals surface area contributed by atoms with Gasteiger partial charge in [0.1, 0.15) is 5.75 Å². The second-order valence-corrected chi connectivity index (χ2v) is 8.84. The van der Waals surface area contributed by atoms with Gasteiger partial charge in [-0.05, 0) is 67.3 Å². The molecule has 7 heteroatoms. The third-order valence-corrected chi connectivity index (χ3v) is 6.22. The predicted molar refractivity (Wildman–Crippen MR) is 122 cm³/mol. The van der Waals surface area contributed by atoms with Crippen molar-refractivity contribution in [3.63, 3.8) is 0 Å². The summed E-state index contributed by atoms with van der Waals surface area (Å²) in [7, 11) is -2.17. The number of rotatable bonds is 9. The lowest BCUT2D eigenvalue weighted by Crippen LogP contribution is -2.25. The molecule has 31 heavy (non-hydrogen) atoms. The smallest absolute Gasteiger partial charge is 0.261 e. The normalized spacial score (nSPS) is 11.0. The molecule has 0 aromatic heterocycles. The molecular formula is C24H26N2O4S. The minimum atomic E-state index is -3.80. The van der Waals surface area contributed by atoms with E-state index in [1.54, 1.807) is 31.4 Å². The minimum absolute atomic E-state index is 0.0415. The van der Waals surface area contributed by atoms with Crippen LogP contribution in [0.5, 0.6) is 5.75 Å². The molecule has 1 amide bonds. The molecule has 0 bridgehead atoms. The maximum absolute atomic E-state index is 12.7. The highest BCUT2D eigenvalue weighted by Crippen LogP contribution is 2.20. The second kappa shape index (κ2) is 10.1. The standard InChI is InChI=1S/C24H26N2O4S/c1-18-8-3-4-14-23(18)26-31(28,29)22-13-6-11-20(17-22)24(27)25-15-7-10-19-9-5-12-21(16-19)30-2/h3-6,8-9,11-14,16-17,26H,7,10,15H2,1-2H3,(H,25,27). The Labute approximate surface area is 183 Å². The Morgan fingerprint density at radius 1 is 0.968 bits per heavy atom. The summed E-state index contributed by atoms with van der Waals surface area (Å²) in [5.74, 6) is 0.498. The van der Waals surface area contributed by atoms with Crippen molar-refractivity contribution in [2.24, 2.45) is 0 Å². The highest BCUT2D eigenvalue weighted by molar-refractivity contribution is 7.92. The molecular weight excluding hydrogens is 412 g/mol. The molecule has 0 aliphatic heterocycles. The number of benzene rings is 3. The van der Waals surface area contributed by atoms with E-state index < -0.39 is 10.0 Å². The molecule has 0 atom stereocenters. The average Bonchev–Trinajstić information content (AvgIpc) is 2.78. The van der Waals surface area contributed by atoms with Gasteiger partial charge in [-0.2, -0.15) is 0 Å². The Bertz CT molecular complexity index is 1160. The number of hydrogen-bond acceptors (Lipinski definition) is 4. The van der Waals surface area contributed by atoms with Crippen molar-refractivity contribution in [2.75, 3.05) is 18.4 Å². The van der Waals surface area contributed by atoms with Gasteiger partial charge in [0.25, 0.3) is 15.9 Å². The second-order valence-electron chi connectivity index (χ2n) is 7.16. The third-order valence-electron chi connectivity index (χ3n) is 4.86. The van der Waals surface area contributed by atoms with Crippen molar-refractivity contribution >= 4 is 21.6 Å². The lowest BCUT2D eigenvalue weighted by Gasteiger charge is -2.11. The van der Waals surface area contributed by atoms with Gasteiger partial charge in [0.15, 0.2) is 0 Å². The zero-order valence-corrected chi connectivity index (χ0v) is 18.4. The lowest BCUT2D eigenvalue weighted by molar-refractivity contribution is 0.0953. The first kappa shape index (κ1) is 22.4. The van der Waals surface area contributed by atoms with E-state index in [1.165, 1.54) is 12.1 Å². The lowest BCUT2D eigenvalue weighted by atomic mass is 10.1. The SMILES string of the molecule is COc1cccc(CCCNC(=O)c2cccc(S(=O)(=O)Nc3ccccc3C)c2)c1. The molecule has 0 fully saturated rings. The number of para-hydroxylation sites is 1. The Kier molecular flexibility index (Phi) is 7.31.